The number of likely N-dealkylation sites (N-methyl/N-ethyl adjacent to an activating group) is 1. The van der Waals surface area contributed by atoms with E-state index in [0.29, 0.717) is 0 Å². The summed E-state index contributed by atoms with van der Waals surface area (Å²) in [5.74, 6) is -1.00. The van der Waals surface area contributed by atoms with Crippen LogP contribution in [0, 0.1) is 0 Å². The summed E-state index contributed by atoms with van der Waals surface area (Å²) < 4.78 is 0. The third-order valence-corrected chi connectivity index (χ3v) is 3.36. The average Bonchev–Trinajstić information content (AvgIpc) is 2.79. The molecule has 6 nitrogen and oxygen atoms in total. The van der Waals surface area contributed by atoms with Crippen molar-refractivity contribution in [2.24, 2.45) is 0 Å². The Hall–Kier alpha value is -1.30. The molecule has 1 fully saturated rings. The molecule has 0 aromatic rings. The van der Waals surface area contributed by atoms with Gasteiger partial charge in [-0.05, 0) is 39.8 Å². The topological polar surface area (TPSA) is 72.9 Å². The third kappa shape index (κ3) is 4.18. The van der Waals surface area contributed by atoms with Crippen molar-refractivity contribution in [3.63, 3.8) is 0 Å². The van der Waals surface area contributed by atoms with E-state index in [9.17, 15) is 9.59 Å². The van der Waals surface area contributed by atoms with E-state index >= 15 is 0 Å². The zero-order valence-electron chi connectivity index (χ0n) is 11.3. The molecule has 2 N–H and O–H groups in total. The Morgan fingerprint density at radius 2 is 1.89 bits per heavy atom. The largest absolute Gasteiger partial charge is 0.480 e. The summed E-state index contributed by atoms with van der Waals surface area (Å²) in [4.78, 5) is 26.1. The minimum absolute atomic E-state index is 0.0269. The van der Waals surface area contributed by atoms with Crippen LogP contribution in [0.5, 0.6) is 0 Å². The quantitative estimate of drug-likeness (QED) is 0.756. The predicted molar refractivity (Wildman–Crippen MR) is 68.5 cm³/mol. The van der Waals surface area contributed by atoms with Gasteiger partial charge >= 0.3 is 12.0 Å². The lowest BCUT2D eigenvalue weighted by atomic mass is 10.3. The maximum absolute atomic E-state index is 11.8. The predicted octanol–water partition coefficient (Wildman–Crippen LogP) is 0.585. The number of hydrogen-bond acceptors (Lipinski definition) is 3. The van der Waals surface area contributed by atoms with E-state index in [1.54, 1.807) is 0 Å². The van der Waals surface area contributed by atoms with Gasteiger partial charge in [0, 0.05) is 19.6 Å². The number of likely N-dealkylation sites (tertiary alicyclic amines) is 1. The first-order valence-electron chi connectivity index (χ1n) is 6.40. The highest BCUT2D eigenvalue weighted by atomic mass is 16.4. The molecule has 18 heavy (non-hydrogen) atoms. The van der Waals surface area contributed by atoms with Crippen molar-refractivity contribution in [3.8, 4) is 0 Å². The molecule has 0 spiro atoms. The number of hydrogen-bond donors (Lipinski definition) is 2. The van der Waals surface area contributed by atoms with Crippen molar-refractivity contribution in [2.75, 3.05) is 26.7 Å². The Morgan fingerprint density at radius 3 is 2.39 bits per heavy atom. The highest BCUT2D eigenvalue weighted by Crippen LogP contribution is 2.07. The molecule has 0 aromatic heterocycles. The standard InChI is InChI=1S/C12H23N3O3/c1-9(8-15-6-4-5-7-15)13-12(18)14(3)10(2)11(16)17/h9-10H,4-8H2,1-3H3,(H,13,18)(H,16,17). The molecule has 6 heteroatoms. The molecule has 2 unspecified atom stereocenters. The lowest BCUT2D eigenvalue weighted by Gasteiger charge is -2.26. The summed E-state index contributed by atoms with van der Waals surface area (Å²) >= 11 is 0. The summed E-state index contributed by atoms with van der Waals surface area (Å²) in [6.07, 6.45) is 2.44. The molecule has 1 heterocycles. The van der Waals surface area contributed by atoms with E-state index in [1.807, 2.05) is 6.92 Å². The van der Waals surface area contributed by atoms with E-state index in [-0.39, 0.29) is 12.1 Å². The first-order valence-corrected chi connectivity index (χ1v) is 6.40. The lowest BCUT2D eigenvalue weighted by Crippen LogP contribution is -2.50. The van der Waals surface area contributed by atoms with Gasteiger partial charge in [0.05, 0.1) is 0 Å². The van der Waals surface area contributed by atoms with Crippen molar-refractivity contribution in [3.05, 3.63) is 0 Å². The van der Waals surface area contributed by atoms with Crippen LogP contribution in [-0.2, 0) is 4.79 Å². The summed E-state index contributed by atoms with van der Waals surface area (Å²) in [6, 6.07) is -1.13. The number of amides is 2. The number of carbonyl (C=O) groups excluding carboxylic acids is 1. The second kappa shape index (κ2) is 6.58. The fourth-order valence-electron chi connectivity index (χ4n) is 2.05. The maximum atomic E-state index is 11.8. The smallest absolute Gasteiger partial charge is 0.326 e. The fraction of sp³-hybridized carbons (Fsp3) is 0.833. The molecule has 0 bridgehead atoms. The number of nitrogens with one attached hydrogen (secondary N) is 1. The molecule has 0 aliphatic carbocycles. The highest BCUT2D eigenvalue weighted by Gasteiger charge is 2.23. The van der Waals surface area contributed by atoms with E-state index < -0.39 is 12.0 Å². The fourth-order valence-corrected chi connectivity index (χ4v) is 2.05. The molecule has 0 saturated carbocycles. The molecule has 1 saturated heterocycles. The van der Waals surface area contributed by atoms with Crippen molar-refractivity contribution < 1.29 is 14.7 Å². The molecule has 1 rings (SSSR count). The number of nitrogens with zero attached hydrogens (tertiary/aromatic N) is 2. The Labute approximate surface area is 108 Å². The number of aliphatic carboxylic acids is 1. The van der Waals surface area contributed by atoms with Crippen molar-refractivity contribution in [1.29, 1.82) is 0 Å². The zero-order chi connectivity index (χ0) is 13.7. The van der Waals surface area contributed by atoms with E-state index in [0.717, 1.165) is 19.6 Å². The molecule has 1 aliphatic heterocycles. The molecular weight excluding hydrogens is 234 g/mol. The third-order valence-electron chi connectivity index (χ3n) is 3.36. The Balaban J connectivity index is 2.35. The summed E-state index contributed by atoms with van der Waals surface area (Å²) in [5, 5.41) is 11.7. The molecule has 1 aliphatic rings. The van der Waals surface area contributed by atoms with Crippen LogP contribution >= 0.6 is 0 Å². The van der Waals surface area contributed by atoms with Gasteiger partial charge in [-0.25, -0.2) is 9.59 Å². The van der Waals surface area contributed by atoms with E-state index in [2.05, 4.69) is 10.2 Å². The van der Waals surface area contributed by atoms with Crippen LogP contribution in [0.15, 0.2) is 0 Å². The van der Waals surface area contributed by atoms with Gasteiger partial charge in [-0.15, -0.1) is 0 Å². The summed E-state index contributed by atoms with van der Waals surface area (Å²) in [7, 11) is 1.50. The normalized spacial score (nSPS) is 19.3. The van der Waals surface area contributed by atoms with Crippen LogP contribution in [0.4, 0.5) is 4.79 Å². The highest BCUT2D eigenvalue weighted by molar-refractivity contribution is 5.82. The number of urea groups is 1. The van der Waals surface area contributed by atoms with Crippen LogP contribution in [-0.4, -0.2) is 65.7 Å². The van der Waals surface area contributed by atoms with Crippen LogP contribution in [0.2, 0.25) is 0 Å². The van der Waals surface area contributed by atoms with Gasteiger partial charge in [-0.3, -0.25) is 0 Å². The van der Waals surface area contributed by atoms with Crippen LogP contribution < -0.4 is 5.32 Å². The first-order chi connectivity index (χ1) is 8.41. The van der Waals surface area contributed by atoms with Gasteiger partial charge in [0.25, 0.3) is 0 Å². The average molecular weight is 257 g/mol. The summed E-state index contributed by atoms with van der Waals surface area (Å²) in [5.41, 5.74) is 0. The Morgan fingerprint density at radius 1 is 1.33 bits per heavy atom. The number of carboxylic acids is 1. The Kier molecular flexibility index (Phi) is 5.40. The van der Waals surface area contributed by atoms with Crippen molar-refractivity contribution in [1.82, 2.24) is 15.1 Å². The van der Waals surface area contributed by atoms with Gasteiger partial charge in [-0.2, -0.15) is 0 Å². The maximum Gasteiger partial charge on any atom is 0.326 e. The van der Waals surface area contributed by atoms with Crippen LogP contribution in [0.1, 0.15) is 26.7 Å². The van der Waals surface area contributed by atoms with E-state index in [1.165, 1.54) is 31.7 Å². The van der Waals surface area contributed by atoms with Crippen molar-refractivity contribution >= 4 is 12.0 Å². The monoisotopic (exact) mass is 257 g/mol. The van der Waals surface area contributed by atoms with Gasteiger partial charge in [-0.1, -0.05) is 0 Å². The zero-order valence-corrected chi connectivity index (χ0v) is 11.3. The lowest BCUT2D eigenvalue weighted by molar-refractivity contribution is -0.141. The van der Waals surface area contributed by atoms with Gasteiger partial charge in [0.1, 0.15) is 6.04 Å². The molecule has 0 aromatic carbocycles. The minimum Gasteiger partial charge on any atom is -0.480 e. The first kappa shape index (κ1) is 14.8. The van der Waals surface area contributed by atoms with Crippen LogP contribution in [0.3, 0.4) is 0 Å². The number of rotatable bonds is 5. The van der Waals surface area contributed by atoms with Gasteiger partial charge < -0.3 is 20.2 Å². The second-order valence-corrected chi connectivity index (χ2v) is 4.98. The second-order valence-electron chi connectivity index (χ2n) is 4.98. The minimum atomic E-state index is -1.00. The molecular formula is C12H23N3O3. The van der Waals surface area contributed by atoms with Crippen molar-refractivity contribution in [2.45, 2.75) is 38.8 Å². The SMILES string of the molecule is CC(CN1CCCC1)NC(=O)N(C)C(C)C(=O)O. The van der Waals surface area contributed by atoms with E-state index in [4.69, 9.17) is 5.11 Å². The molecule has 2 amide bonds. The molecule has 0 radical (unpaired) electrons. The number of carboxylic acid groups (broad SMARTS) is 1. The Bertz CT molecular complexity index is 303. The van der Waals surface area contributed by atoms with Gasteiger partial charge in [0.2, 0.25) is 0 Å². The molecule has 104 valence electrons. The summed E-state index contributed by atoms with van der Waals surface area (Å²) in [6.45, 7) is 6.42. The van der Waals surface area contributed by atoms with Crippen LogP contribution in [0.25, 0.3) is 0 Å². The molecule has 2 atom stereocenters. The van der Waals surface area contributed by atoms with Gasteiger partial charge in [0.15, 0.2) is 0 Å². The number of carbonyl (C=O) groups is 2.